The van der Waals surface area contributed by atoms with E-state index in [-0.39, 0.29) is 18.3 Å². The van der Waals surface area contributed by atoms with Crippen molar-refractivity contribution in [2.75, 3.05) is 5.88 Å². The normalized spacial score (nSPS) is 10.3. The maximum atomic E-state index is 11.0. The quantitative estimate of drug-likeness (QED) is 0.875. The second-order valence-corrected chi connectivity index (χ2v) is 4.12. The summed E-state index contributed by atoms with van der Waals surface area (Å²) in [6, 6.07) is 7.01. The van der Waals surface area contributed by atoms with E-state index in [1.54, 1.807) is 24.3 Å². The minimum absolute atomic E-state index is 0.0990. The summed E-state index contributed by atoms with van der Waals surface area (Å²) in [4.78, 5) is 11.0. The zero-order valence-corrected chi connectivity index (χ0v) is 10.7. The number of alkyl halides is 1. The van der Waals surface area contributed by atoms with Crippen LogP contribution in [0.3, 0.4) is 0 Å². The molecule has 0 atom stereocenters. The highest BCUT2D eigenvalue weighted by Crippen LogP contribution is 2.19. The lowest BCUT2D eigenvalue weighted by molar-refractivity contribution is -0.118. The van der Waals surface area contributed by atoms with Crippen LogP contribution < -0.4 is 5.32 Å². The summed E-state index contributed by atoms with van der Waals surface area (Å²) in [7, 11) is 0. The molecule has 2 aromatic rings. The number of hydrogen-bond acceptors (Lipinski definition) is 4. The number of carbonyl (C=O) groups excluding carboxylic acids is 1. The van der Waals surface area contributed by atoms with E-state index < -0.39 is 0 Å². The van der Waals surface area contributed by atoms with Crippen LogP contribution in [-0.2, 0) is 11.3 Å². The summed E-state index contributed by atoms with van der Waals surface area (Å²) in [6.45, 7) is 0.159. The summed E-state index contributed by atoms with van der Waals surface area (Å²) >= 11 is 11.1. The number of nitrogens with zero attached hydrogens (tertiary/aromatic N) is 2. The highest BCUT2D eigenvalue weighted by atomic mass is 35.5. The highest BCUT2D eigenvalue weighted by Gasteiger charge is 2.09. The third kappa shape index (κ3) is 3.21. The van der Waals surface area contributed by atoms with Crippen molar-refractivity contribution in [1.82, 2.24) is 15.5 Å². The molecule has 0 spiro atoms. The molecule has 18 heavy (non-hydrogen) atoms. The molecule has 0 aliphatic carbocycles. The van der Waals surface area contributed by atoms with Crippen LogP contribution in [0.5, 0.6) is 0 Å². The third-order valence-corrected chi connectivity index (χ3v) is 2.61. The fourth-order valence-electron chi connectivity index (χ4n) is 1.26. The van der Waals surface area contributed by atoms with Crippen molar-refractivity contribution in [3.8, 4) is 11.5 Å². The molecule has 1 heterocycles. The molecule has 0 radical (unpaired) electrons. The van der Waals surface area contributed by atoms with Gasteiger partial charge in [0.05, 0.1) is 6.54 Å². The molecule has 1 amide bonds. The molecule has 7 heteroatoms. The Morgan fingerprint density at radius 1 is 1.28 bits per heavy atom. The number of amides is 1. The standard InChI is InChI=1S/C11H9Cl2N3O2/c12-5-9(17)14-6-10-15-16-11(18-10)7-1-3-8(13)4-2-7/h1-4H,5-6H2,(H,14,17). The van der Waals surface area contributed by atoms with Crippen molar-refractivity contribution in [1.29, 1.82) is 0 Å². The van der Waals surface area contributed by atoms with Gasteiger partial charge < -0.3 is 9.73 Å². The predicted octanol–water partition coefficient (Wildman–Crippen LogP) is 2.25. The maximum Gasteiger partial charge on any atom is 0.247 e. The molecule has 1 aromatic heterocycles. The van der Waals surface area contributed by atoms with Crippen LogP contribution in [-0.4, -0.2) is 22.0 Å². The first-order chi connectivity index (χ1) is 8.69. The average molecular weight is 286 g/mol. The Morgan fingerprint density at radius 3 is 2.67 bits per heavy atom. The number of halogens is 2. The van der Waals surface area contributed by atoms with Crippen molar-refractivity contribution >= 4 is 29.1 Å². The lowest BCUT2D eigenvalue weighted by Gasteiger charge is -1.97. The molecular formula is C11H9Cl2N3O2. The molecule has 1 N–H and O–H groups in total. The van der Waals surface area contributed by atoms with Gasteiger partial charge in [-0.05, 0) is 24.3 Å². The minimum atomic E-state index is -0.289. The van der Waals surface area contributed by atoms with E-state index in [2.05, 4.69) is 15.5 Å². The second-order valence-electron chi connectivity index (χ2n) is 3.42. The molecule has 1 aromatic carbocycles. The Morgan fingerprint density at radius 2 is 2.00 bits per heavy atom. The number of rotatable bonds is 4. The summed E-state index contributed by atoms with van der Waals surface area (Å²) in [5, 5.41) is 10.9. The molecule has 0 aliphatic rings. The Balaban J connectivity index is 2.06. The summed E-state index contributed by atoms with van der Waals surface area (Å²) < 4.78 is 5.38. The molecule has 0 bridgehead atoms. The number of benzene rings is 1. The van der Waals surface area contributed by atoms with E-state index in [9.17, 15) is 4.79 Å². The smallest absolute Gasteiger partial charge is 0.247 e. The van der Waals surface area contributed by atoms with Crippen LogP contribution in [0.25, 0.3) is 11.5 Å². The van der Waals surface area contributed by atoms with Gasteiger partial charge in [-0.1, -0.05) is 11.6 Å². The molecule has 94 valence electrons. The number of hydrogen-bond donors (Lipinski definition) is 1. The maximum absolute atomic E-state index is 11.0. The third-order valence-electron chi connectivity index (χ3n) is 2.12. The van der Waals surface area contributed by atoms with Gasteiger partial charge in [0, 0.05) is 10.6 Å². The first kappa shape index (κ1) is 12.9. The molecule has 2 rings (SSSR count). The van der Waals surface area contributed by atoms with Gasteiger partial charge in [0.1, 0.15) is 5.88 Å². The van der Waals surface area contributed by atoms with Crippen molar-refractivity contribution in [2.45, 2.75) is 6.54 Å². The topological polar surface area (TPSA) is 68.0 Å². The Labute approximate surface area is 113 Å². The number of carbonyl (C=O) groups is 1. The Bertz CT molecular complexity index is 539. The monoisotopic (exact) mass is 285 g/mol. The van der Waals surface area contributed by atoms with Gasteiger partial charge in [0.25, 0.3) is 0 Å². The highest BCUT2D eigenvalue weighted by molar-refractivity contribution is 6.30. The van der Waals surface area contributed by atoms with Gasteiger partial charge in [0.2, 0.25) is 17.7 Å². The van der Waals surface area contributed by atoms with E-state index in [1.165, 1.54) is 0 Å². The number of nitrogens with one attached hydrogen (secondary N) is 1. The minimum Gasteiger partial charge on any atom is -0.419 e. The van der Waals surface area contributed by atoms with Gasteiger partial charge >= 0.3 is 0 Å². The molecule has 0 unspecified atom stereocenters. The lowest BCUT2D eigenvalue weighted by Crippen LogP contribution is -2.23. The van der Waals surface area contributed by atoms with Gasteiger partial charge in [-0.15, -0.1) is 21.8 Å². The van der Waals surface area contributed by atoms with Crippen molar-refractivity contribution in [3.05, 3.63) is 35.2 Å². The van der Waals surface area contributed by atoms with Crippen LogP contribution in [0.1, 0.15) is 5.89 Å². The van der Waals surface area contributed by atoms with Gasteiger partial charge in [-0.2, -0.15) is 0 Å². The molecule has 5 nitrogen and oxygen atoms in total. The van der Waals surface area contributed by atoms with Crippen LogP contribution >= 0.6 is 23.2 Å². The Hall–Kier alpha value is -1.59. The van der Waals surface area contributed by atoms with Crippen molar-refractivity contribution < 1.29 is 9.21 Å². The summed E-state index contributed by atoms with van der Waals surface area (Å²) in [6.07, 6.45) is 0. The fraction of sp³-hybridized carbons (Fsp3) is 0.182. The van der Waals surface area contributed by atoms with Crippen LogP contribution in [0.15, 0.2) is 28.7 Å². The van der Waals surface area contributed by atoms with E-state index >= 15 is 0 Å². The number of aromatic nitrogens is 2. The summed E-state index contributed by atoms with van der Waals surface area (Å²) in [5.41, 5.74) is 0.766. The second kappa shape index (κ2) is 5.84. The van der Waals surface area contributed by atoms with E-state index in [0.717, 1.165) is 5.56 Å². The van der Waals surface area contributed by atoms with Gasteiger partial charge in [-0.3, -0.25) is 4.79 Å². The Kier molecular flexibility index (Phi) is 4.17. The molecule has 0 saturated carbocycles. The molecule has 0 saturated heterocycles. The molecule has 0 fully saturated rings. The van der Waals surface area contributed by atoms with Crippen LogP contribution in [0.4, 0.5) is 0 Å². The lowest BCUT2D eigenvalue weighted by atomic mass is 10.2. The van der Waals surface area contributed by atoms with Gasteiger partial charge in [0.15, 0.2) is 0 Å². The van der Waals surface area contributed by atoms with E-state index in [4.69, 9.17) is 27.6 Å². The van der Waals surface area contributed by atoms with E-state index in [0.29, 0.717) is 16.8 Å². The SMILES string of the molecule is O=C(CCl)NCc1nnc(-c2ccc(Cl)cc2)o1. The predicted molar refractivity (Wildman–Crippen MR) is 67.3 cm³/mol. The zero-order valence-electron chi connectivity index (χ0n) is 9.19. The summed E-state index contributed by atoms with van der Waals surface area (Å²) in [5.74, 6) is 0.307. The first-order valence-corrected chi connectivity index (χ1v) is 6.01. The van der Waals surface area contributed by atoms with Gasteiger partial charge in [-0.25, -0.2) is 0 Å². The average Bonchev–Trinajstić information content (AvgIpc) is 2.85. The molecular weight excluding hydrogens is 277 g/mol. The van der Waals surface area contributed by atoms with Crippen LogP contribution in [0, 0.1) is 0 Å². The van der Waals surface area contributed by atoms with E-state index in [1.807, 2.05) is 0 Å². The zero-order chi connectivity index (χ0) is 13.0. The van der Waals surface area contributed by atoms with Crippen molar-refractivity contribution in [2.24, 2.45) is 0 Å². The van der Waals surface area contributed by atoms with Crippen LogP contribution in [0.2, 0.25) is 5.02 Å². The van der Waals surface area contributed by atoms with Crippen molar-refractivity contribution in [3.63, 3.8) is 0 Å². The first-order valence-electron chi connectivity index (χ1n) is 5.10. The fourth-order valence-corrected chi connectivity index (χ4v) is 1.48. The largest absolute Gasteiger partial charge is 0.419 e. The molecule has 0 aliphatic heterocycles.